The molecule has 0 amide bonds. The summed E-state index contributed by atoms with van der Waals surface area (Å²) >= 11 is 0. The van der Waals surface area contributed by atoms with Gasteiger partial charge in [0.05, 0.1) is 5.56 Å². The SMILES string of the molecule is N#COc1ccc(C(=O)c2ccc(OC#N)cc2Oc2ccccc2)cc1. The Morgan fingerprint density at radius 1 is 0.741 bits per heavy atom. The zero-order valence-electron chi connectivity index (χ0n) is 14.0. The molecule has 6 heteroatoms. The van der Waals surface area contributed by atoms with E-state index < -0.39 is 0 Å². The number of ether oxygens (including phenoxy) is 3. The van der Waals surface area contributed by atoms with Crippen LogP contribution in [-0.4, -0.2) is 5.78 Å². The minimum Gasteiger partial charge on any atom is -0.456 e. The van der Waals surface area contributed by atoms with Crippen LogP contribution in [0.15, 0.2) is 72.8 Å². The molecule has 130 valence electrons. The van der Waals surface area contributed by atoms with Gasteiger partial charge in [-0.25, -0.2) is 0 Å². The topological polar surface area (TPSA) is 92.3 Å². The largest absolute Gasteiger partial charge is 0.456 e. The van der Waals surface area contributed by atoms with Crippen LogP contribution in [0, 0.1) is 23.0 Å². The first-order valence-corrected chi connectivity index (χ1v) is 7.85. The Labute approximate surface area is 155 Å². The Kier molecular flexibility index (Phi) is 5.32. The maximum atomic E-state index is 12.9. The summed E-state index contributed by atoms with van der Waals surface area (Å²) in [6.07, 6.45) is 3.17. The van der Waals surface area contributed by atoms with Crippen LogP contribution < -0.4 is 14.2 Å². The van der Waals surface area contributed by atoms with Crippen molar-refractivity contribution in [2.24, 2.45) is 0 Å². The zero-order valence-corrected chi connectivity index (χ0v) is 14.0. The van der Waals surface area contributed by atoms with Crippen LogP contribution in [0.5, 0.6) is 23.0 Å². The van der Waals surface area contributed by atoms with Crippen molar-refractivity contribution in [3.8, 4) is 35.5 Å². The number of carbonyl (C=O) groups is 1. The molecule has 0 N–H and O–H groups in total. The zero-order chi connectivity index (χ0) is 19.1. The molecule has 3 aromatic carbocycles. The molecule has 0 aliphatic carbocycles. The van der Waals surface area contributed by atoms with E-state index in [9.17, 15) is 4.79 Å². The van der Waals surface area contributed by atoms with Gasteiger partial charge < -0.3 is 14.2 Å². The molecule has 6 nitrogen and oxygen atoms in total. The van der Waals surface area contributed by atoms with E-state index >= 15 is 0 Å². The molecule has 0 atom stereocenters. The minimum atomic E-state index is -0.284. The van der Waals surface area contributed by atoms with Crippen LogP contribution in [0.1, 0.15) is 15.9 Å². The van der Waals surface area contributed by atoms with Gasteiger partial charge in [0.25, 0.3) is 12.5 Å². The molecule has 3 aromatic rings. The average Bonchev–Trinajstić information content (AvgIpc) is 2.70. The molecule has 0 unspecified atom stereocenters. The quantitative estimate of drug-likeness (QED) is 0.479. The number of ketones is 1. The highest BCUT2D eigenvalue weighted by molar-refractivity contribution is 6.10. The number of carbonyl (C=O) groups excluding carboxylic acids is 1. The van der Waals surface area contributed by atoms with E-state index in [2.05, 4.69) is 0 Å². The smallest absolute Gasteiger partial charge is 0.292 e. The van der Waals surface area contributed by atoms with E-state index in [1.807, 2.05) is 6.07 Å². The molecule has 0 radical (unpaired) electrons. The van der Waals surface area contributed by atoms with Gasteiger partial charge in [0.1, 0.15) is 23.0 Å². The lowest BCUT2D eigenvalue weighted by Gasteiger charge is -2.12. The highest BCUT2D eigenvalue weighted by atomic mass is 16.5. The molecule has 0 spiro atoms. The molecule has 0 aromatic heterocycles. The first-order valence-electron chi connectivity index (χ1n) is 7.85. The minimum absolute atomic E-state index is 0.260. The number of para-hydroxylation sites is 1. The summed E-state index contributed by atoms with van der Waals surface area (Å²) in [5.41, 5.74) is 0.699. The van der Waals surface area contributed by atoms with Gasteiger partial charge in [0.2, 0.25) is 0 Å². The number of nitriles is 2. The van der Waals surface area contributed by atoms with E-state index in [0.717, 1.165) is 0 Å². The number of hydrogen-bond acceptors (Lipinski definition) is 6. The van der Waals surface area contributed by atoms with Gasteiger partial charge in [-0.05, 0) is 48.5 Å². The molecule has 0 fully saturated rings. The van der Waals surface area contributed by atoms with Gasteiger partial charge >= 0.3 is 0 Å². The monoisotopic (exact) mass is 356 g/mol. The molecule has 0 aliphatic heterocycles. The van der Waals surface area contributed by atoms with E-state index in [0.29, 0.717) is 22.6 Å². The molecule has 0 bridgehead atoms. The van der Waals surface area contributed by atoms with Gasteiger partial charge in [-0.1, -0.05) is 18.2 Å². The summed E-state index contributed by atoms with van der Waals surface area (Å²) in [7, 11) is 0. The predicted octanol–water partition coefficient (Wildman–Crippen LogP) is 4.43. The molecule has 27 heavy (non-hydrogen) atoms. The Morgan fingerprint density at radius 3 is 2.04 bits per heavy atom. The van der Waals surface area contributed by atoms with Gasteiger partial charge in [-0.3, -0.25) is 4.79 Å². The Hall–Kier alpha value is -4.29. The second-order valence-electron chi connectivity index (χ2n) is 5.31. The maximum absolute atomic E-state index is 12.9. The van der Waals surface area contributed by atoms with Gasteiger partial charge in [-0.15, -0.1) is 10.5 Å². The summed E-state index contributed by atoms with van der Waals surface area (Å²) < 4.78 is 15.4. The number of benzene rings is 3. The first-order chi connectivity index (χ1) is 13.2. The molecular formula is C21H12N2O4. The summed E-state index contributed by atoms with van der Waals surface area (Å²) in [5, 5.41) is 17.2. The third-order valence-corrected chi connectivity index (χ3v) is 3.61. The summed E-state index contributed by atoms with van der Waals surface area (Å²) in [6, 6.07) is 19.7. The molecule has 0 aliphatic rings. The van der Waals surface area contributed by atoms with E-state index in [-0.39, 0.29) is 17.3 Å². The van der Waals surface area contributed by atoms with Crippen molar-refractivity contribution < 1.29 is 19.0 Å². The van der Waals surface area contributed by atoms with Crippen molar-refractivity contribution in [1.82, 2.24) is 0 Å². The highest BCUT2D eigenvalue weighted by Crippen LogP contribution is 2.31. The van der Waals surface area contributed by atoms with E-state index in [4.69, 9.17) is 24.7 Å². The number of hydrogen-bond donors (Lipinski definition) is 0. The molecule has 3 rings (SSSR count). The fourth-order valence-corrected chi connectivity index (χ4v) is 2.39. The number of nitrogens with zero attached hydrogens (tertiary/aromatic N) is 2. The average molecular weight is 356 g/mol. The lowest BCUT2D eigenvalue weighted by molar-refractivity contribution is 0.103. The van der Waals surface area contributed by atoms with Crippen LogP contribution in [0.4, 0.5) is 0 Å². The van der Waals surface area contributed by atoms with E-state index in [1.54, 1.807) is 48.9 Å². The molecular weight excluding hydrogens is 344 g/mol. The fraction of sp³-hybridized carbons (Fsp3) is 0. The van der Waals surface area contributed by atoms with Crippen LogP contribution in [0.25, 0.3) is 0 Å². The normalized spacial score (nSPS) is 9.56. The van der Waals surface area contributed by atoms with Gasteiger partial charge in [-0.2, -0.15) is 0 Å². The maximum Gasteiger partial charge on any atom is 0.292 e. The van der Waals surface area contributed by atoms with E-state index in [1.165, 1.54) is 30.3 Å². The lowest BCUT2D eigenvalue weighted by atomic mass is 10.0. The highest BCUT2D eigenvalue weighted by Gasteiger charge is 2.17. The second-order valence-corrected chi connectivity index (χ2v) is 5.31. The molecule has 0 saturated heterocycles. The van der Waals surface area contributed by atoms with Crippen LogP contribution in [0.3, 0.4) is 0 Å². The molecule has 0 heterocycles. The van der Waals surface area contributed by atoms with Crippen LogP contribution >= 0.6 is 0 Å². The second kappa shape index (κ2) is 8.19. The standard InChI is InChI=1S/C21H12N2O4/c22-13-25-16-8-6-15(7-9-16)21(24)19-11-10-18(26-14-23)12-20(19)27-17-4-2-1-3-5-17/h1-12H. The van der Waals surface area contributed by atoms with Crippen molar-refractivity contribution in [3.05, 3.63) is 83.9 Å². The third kappa shape index (κ3) is 4.22. The Bertz CT molecular complexity index is 1030. The van der Waals surface area contributed by atoms with Crippen molar-refractivity contribution in [3.63, 3.8) is 0 Å². The molecule has 0 saturated carbocycles. The fourth-order valence-electron chi connectivity index (χ4n) is 2.39. The third-order valence-electron chi connectivity index (χ3n) is 3.61. The van der Waals surface area contributed by atoms with Crippen molar-refractivity contribution in [2.45, 2.75) is 0 Å². The van der Waals surface area contributed by atoms with Crippen molar-refractivity contribution >= 4 is 5.78 Å². The van der Waals surface area contributed by atoms with Crippen LogP contribution in [0.2, 0.25) is 0 Å². The summed E-state index contributed by atoms with van der Waals surface area (Å²) in [6.45, 7) is 0. The Balaban J connectivity index is 1.96. The van der Waals surface area contributed by atoms with Gasteiger partial charge in [0, 0.05) is 11.6 Å². The van der Waals surface area contributed by atoms with Crippen LogP contribution in [-0.2, 0) is 0 Å². The predicted molar refractivity (Wildman–Crippen MR) is 95.3 cm³/mol. The van der Waals surface area contributed by atoms with Crippen molar-refractivity contribution in [2.75, 3.05) is 0 Å². The summed E-state index contributed by atoms with van der Waals surface area (Å²) in [4.78, 5) is 12.9. The van der Waals surface area contributed by atoms with Crippen molar-refractivity contribution in [1.29, 1.82) is 10.5 Å². The summed E-state index contributed by atoms with van der Waals surface area (Å²) in [5.74, 6) is 1.12. The van der Waals surface area contributed by atoms with Gasteiger partial charge in [0.15, 0.2) is 5.78 Å². The Morgan fingerprint density at radius 2 is 1.37 bits per heavy atom. The number of rotatable bonds is 6. The lowest BCUT2D eigenvalue weighted by Crippen LogP contribution is -2.04. The first kappa shape index (κ1) is 17.5.